The number of hydrogen-bond donors (Lipinski definition) is 2. The number of benzene rings is 1. The van der Waals surface area contributed by atoms with Crippen LogP contribution in [0, 0.1) is 6.92 Å². The molecule has 1 atom stereocenters. The molecule has 1 aliphatic heterocycles. The lowest BCUT2D eigenvalue weighted by atomic mass is 10.0. The van der Waals surface area contributed by atoms with Gasteiger partial charge in [0, 0.05) is 20.1 Å². The van der Waals surface area contributed by atoms with E-state index >= 15 is 0 Å². The van der Waals surface area contributed by atoms with Gasteiger partial charge in [0.1, 0.15) is 18.2 Å². The van der Waals surface area contributed by atoms with E-state index in [9.17, 15) is 9.59 Å². The lowest BCUT2D eigenvalue weighted by Gasteiger charge is -2.35. The zero-order valence-corrected chi connectivity index (χ0v) is 13.7. The van der Waals surface area contributed by atoms with E-state index in [4.69, 9.17) is 0 Å². The van der Waals surface area contributed by atoms with Crippen LogP contribution in [-0.4, -0.2) is 44.7 Å². The summed E-state index contributed by atoms with van der Waals surface area (Å²) in [6.45, 7) is 3.12. The van der Waals surface area contributed by atoms with Crippen LogP contribution in [0.15, 0.2) is 30.6 Å². The Morgan fingerprint density at radius 1 is 1.46 bits per heavy atom. The second kappa shape index (κ2) is 6.69. The summed E-state index contributed by atoms with van der Waals surface area (Å²) in [5.41, 5.74) is 1.85. The van der Waals surface area contributed by atoms with Crippen LogP contribution in [0.3, 0.4) is 0 Å². The molecule has 0 spiro atoms. The molecular weight excluding hydrogens is 308 g/mol. The van der Waals surface area contributed by atoms with Crippen LogP contribution in [0.2, 0.25) is 0 Å². The number of rotatable bonds is 3. The molecule has 1 fully saturated rings. The minimum atomic E-state index is -0.627. The average Bonchev–Trinajstić information content (AvgIpc) is 2.97. The van der Waals surface area contributed by atoms with Crippen molar-refractivity contribution in [3.8, 4) is 0 Å². The highest BCUT2D eigenvalue weighted by atomic mass is 16.2. The normalized spacial score (nSPS) is 17.5. The van der Waals surface area contributed by atoms with Gasteiger partial charge in [0.2, 0.25) is 5.91 Å². The van der Waals surface area contributed by atoms with Gasteiger partial charge in [-0.05, 0) is 12.5 Å². The summed E-state index contributed by atoms with van der Waals surface area (Å²) in [7, 11) is 1.76. The van der Waals surface area contributed by atoms with Crippen molar-refractivity contribution in [1.82, 2.24) is 30.3 Å². The molecule has 3 amide bonds. The molecule has 1 saturated heterocycles. The van der Waals surface area contributed by atoms with Gasteiger partial charge in [0.15, 0.2) is 0 Å². The quantitative estimate of drug-likeness (QED) is 0.858. The molecule has 0 bridgehead atoms. The molecule has 1 aliphatic rings. The first kappa shape index (κ1) is 16.0. The first-order chi connectivity index (χ1) is 11.6. The predicted molar refractivity (Wildman–Crippen MR) is 86.9 cm³/mol. The number of carbonyl (C=O) groups is 2. The molecule has 3 rings (SSSR count). The number of aryl methyl sites for hydroxylation is 2. The number of hydrogen-bond acceptors (Lipinski definition) is 4. The Kier molecular flexibility index (Phi) is 4.45. The maximum absolute atomic E-state index is 12.6. The van der Waals surface area contributed by atoms with Crippen molar-refractivity contribution in [3.05, 3.63) is 47.5 Å². The van der Waals surface area contributed by atoms with E-state index in [0.717, 1.165) is 11.1 Å². The van der Waals surface area contributed by atoms with Gasteiger partial charge in [0.05, 0.1) is 6.54 Å². The topological polar surface area (TPSA) is 92.2 Å². The molecule has 2 N–H and O–H groups in total. The highest BCUT2D eigenvalue weighted by Crippen LogP contribution is 2.24. The van der Waals surface area contributed by atoms with E-state index in [1.54, 1.807) is 16.6 Å². The Morgan fingerprint density at radius 3 is 3.00 bits per heavy atom. The molecule has 126 valence electrons. The third-order valence-corrected chi connectivity index (χ3v) is 4.03. The SMILES string of the molecule is Cc1cccc(C2C(=O)NCCN2C(=O)NCc2ncnn2C)c1. The first-order valence-corrected chi connectivity index (χ1v) is 7.78. The standard InChI is InChI=1S/C16H20N6O2/c1-11-4-3-5-12(8-11)14-15(23)17-6-7-22(14)16(24)18-9-13-19-10-20-21(13)2/h3-5,8,10,14H,6-7,9H2,1-2H3,(H,17,23)(H,18,24). The summed E-state index contributed by atoms with van der Waals surface area (Å²) in [5.74, 6) is 0.484. The molecule has 24 heavy (non-hydrogen) atoms. The van der Waals surface area contributed by atoms with Gasteiger partial charge in [-0.3, -0.25) is 9.48 Å². The van der Waals surface area contributed by atoms with Crippen molar-refractivity contribution >= 4 is 11.9 Å². The Labute approximate surface area is 139 Å². The molecule has 1 unspecified atom stereocenters. The maximum Gasteiger partial charge on any atom is 0.318 e. The fraction of sp³-hybridized carbons (Fsp3) is 0.375. The largest absolute Gasteiger partial charge is 0.352 e. The van der Waals surface area contributed by atoms with Gasteiger partial charge in [0.25, 0.3) is 0 Å². The monoisotopic (exact) mass is 328 g/mol. The van der Waals surface area contributed by atoms with Crippen molar-refractivity contribution in [2.45, 2.75) is 19.5 Å². The van der Waals surface area contributed by atoms with Crippen molar-refractivity contribution < 1.29 is 9.59 Å². The number of carbonyl (C=O) groups excluding carboxylic acids is 2. The van der Waals surface area contributed by atoms with Crippen LogP contribution in [-0.2, 0) is 18.4 Å². The molecule has 2 aromatic rings. The lowest BCUT2D eigenvalue weighted by Crippen LogP contribution is -2.54. The zero-order valence-electron chi connectivity index (χ0n) is 13.7. The number of aromatic nitrogens is 3. The number of urea groups is 1. The fourth-order valence-corrected chi connectivity index (χ4v) is 2.79. The summed E-state index contributed by atoms with van der Waals surface area (Å²) in [6, 6.07) is 6.73. The number of nitrogens with one attached hydrogen (secondary N) is 2. The van der Waals surface area contributed by atoms with Crippen LogP contribution in [0.5, 0.6) is 0 Å². The van der Waals surface area contributed by atoms with Gasteiger partial charge in [-0.25, -0.2) is 9.78 Å². The van der Waals surface area contributed by atoms with Crippen molar-refractivity contribution in [1.29, 1.82) is 0 Å². The molecule has 8 heteroatoms. The van der Waals surface area contributed by atoms with Crippen LogP contribution in [0.4, 0.5) is 4.79 Å². The van der Waals surface area contributed by atoms with E-state index in [0.29, 0.717) is 18.9 Å². The number of nitrogens with zero attached hydrogens (tertiary/aromatic N) is 4. The van der Waals surface area contributed by atoms with Gasteiger partial charge in [-0.2, -0.15) is 5.10 Å². The third kappa shape index (κ3) is 3.22. The summed E-state index contributed by atoms with van der Waals surface area (Å²) in [4.78, 5) is 30.6. The second-order valence-corrected chi connectivity index (χ2v) is 5.76. The highest BCUT2D eigenvalue weighted by molar-refractivity contribution is 5.89. The Bertz CT molecular complexity index is 757. The molecule has 0 aliphatic carbocycles. The van der Waals surface area contributed by atoms with Crippen LogP contribution in [0.1, 0.15) is 23.0 Å². The maximum atomic E-state index is 12.6. The minimum absolute atomic E-state index is 0.166. The van der Waals surface area contributed by atoms with Gasteiger partial charge in [-0.15, -0.1) is 0 Å². The smallest absolute Gasteiger partial charge is 0.318 e. The van der Waals surface area contributed by atoms with Crippen molar-refractivity contribution in [3.63, 3.8) is 0 Å². The molecule has 0 saturated carbocycles. The molecule has 2 heterocycles. The molecule has 1 aromatic carbocycles. The first-order valence-electron chi connectivity index (χ1n) is 7.78. The van der Waals surface area contributed by atoms with Crippen molar-refractivity contribution in [2.24, 2.45) is 7.05 Å². The second-order valence-electron chi connectivity index (χ2n) is 5.76. The van der Waals surface area contributed by atoms with E-state index in [-0.39, 0.29) is 18.5 Å². The minimum Gasteiger partial charge on any atom is -0.352 e. The summed E-state index contributed by atoms with van der Waals surface area (Å²) in [5, 5.41) is 9.61. The van der Waals surface area contributed by atoms with E-state index < -0.39 is 6.04 Å². The van der Waals surface area contributed by atoms with E-state index in [2.05, 4.69) is 20.7 Å². The van der Waals surface area contributed by atoms with E-state index in [1.807, 2.05) is 31.2 Å². The van der Waals surface area contributed by atoms with Crippen molar-refractivity contribution in [2.75, 3.05) is 13.1 Å². The Hall–Kier alpha value is -2.90. The Morgan fingerprint density at radius 2 is 2.29 bits per heavy atom. The molecule has 8 nitrogen and oxygen atoms in total. The summed E-state index contributed by atoms with van der Waals surface area (Å²) >= 11 is 0. The third-order valence-electron chi connectivity index (χ3n) is 4.03. The average molecular weight is 328 g/mol. The van der Waals surface area contributed by atoms with Gasteiger partial charge < -0.3 is 15.5 Å². The molecule has 1 aromatic heterocycles. The molecule has 0 radical (unpaired) electrons. The van der Waals surface area contributed by atoms with Crippen LogP contribution >= 0.6 is 0 Å². The fourth-order valence-electron chi connectivity index (χ4n) is 2.79. The number of amides is 3. The number of piperazine rings is 1. The Balaban J connectivity index is 1.77. The zero-order chi connectivity index (χ0) is 17.1. The van der Waals surface area contributed by atoms with Gasteiger partial charge >= 0.3 is 6.03 Å². The van der Waals surface area contributed by atoms with Gasteiger partial charge in [-0.1, -0.05) is 29.8 Å². The lowest BCUT2D eigenvalue weighted by molar-refractivity contribution is -0.127. The van der Waals surface area contributed by atoms with E-state index in [1.165, 1.54) is 6.33 Å². The van der Waals surface area contributed by atoms with Crippen LogP contribution in [0.25, 0.3) is 0 Å². The summed E-state index contributed by atoms with van der Waals surface area (Å²) < 4.78 is 1.60. The molecular formula is C16H20N6O2. The summed E-state index contributed by atoms with van der Waals surface area (Å²) in [6.07, 6.45) is 1.44. The highest BCUT2D eigenvalue weighted by Gasteiger charge is 2.34. The van der Waals surface area contributed by atoms with Crippen LogP contribution < -0.4 is 10.6 Å². The predicted octanol–water partition coefficient (Wildman–Crippen LogP) is 0.506.